The van der Waals surface area contributed by atoms with Crippen molar-refractivity contribution in [2.45, 2.75) is 20.4 Å². The van der Waals surface area contributed by atoms with Crippen molar-refractivity contribution in [2.24, 2.45) is 0 Å². The Bertz CT molecular complexity index is 1420. The Labute approximate surface area is 195 Å². The third-order valence-corrected chi connectivity index (χ3v) is 6.42. The summed E-state index contributed by atoms with van der Waals surface area (Å²) >= 11 is 0. The molecule has 1 aliphatic rings. The van der Waals surface area contributed by atoms with Crippen LogP contribution in [0.25, 0.3) is 5.78 Å². The fourth-order valence-electron chi connectivity index (χ4n) is 4.29. The van der Waals surface area contributed by atoms with E-state index in [0.29, 0.717) is 5.56 Å². The number of anilines is 2. The summed E-state index contributed by atoms with van der Waals surface area (Å²) in [5, 5.41) is 4.26. The summed E-state index contributed by atoms with van der Waals surface area (Å²) in [4.78, 5) is 34.3. The number of piperazine rings is 1. The molecule has 2 aromatic heterocycles. The van der Waals surface area contributed by atoms with E-state index in [1.807, 2.05) is 0 Å². The number of nitrogens with zero attached hydrogens (tertiary/aromatic N) is 6. The Morgan fingerprint density at radius 1 is 0.971 bits per heavy atom. The zero-order valence-electron chi connectivity index (χ0n) is 19.1. The molecule has 1 saturated heterocycles. The van der Waals surface area contributed by atoms with Gasteiger partial charge >= 0.3 is 5.69 Å². The van der Waals surface area contributed by atoms with Gasteiger partial charge in [-0.1, -0.05) is 12.1 Å². The van der Waals surface area contributed by atoms with Crippen molar-refractivity contribution in [1.82, 2.24) is 19.2 Å². The molecule has 4 aromatic rings. The molecular formula is C25H25FN6O2. The largest absolute Gasteiger partial charge is 0.368 e. The van der Waals surface area contributed by atoms with Crippen LogP contribution in [-0.4, -0.2) is 51.1 Å². The smallest absolute Gasteiger partial charge is 0.352 e. The second-order valence-corrected chi connectivity index (χ2v) is 8.52. The van der Waals surface area contributed by atoms with E-state index in [0.717, 1.165) is 36.7 Å². The highest BCUT2D eigenvalue weighted by Gasteiger charge is 2.21. The Morgan fingerprint density at radius 2 is 1.68 bits per heavy atom. The van der Waals surface area contributed by atoms with E-state index in [4.69, 9.17) is 0 Å². The van der Waals surface area contributed by atoms with Crippen molar-refractivity contribution in [2.75, 3.05) is 36.0 Å². The van der Waals surface area contributed by atoms with E-state index in [1.165, 1.54) is 45.5 Å². The van der Waals surface area contributed by atoms with Crippen LogP contribution in [0, 0.1) is 19.7 Å². The standard InChI is InChI=1S/C25H25FN6O2/c1-17-4-3-5-21(18(17)2)29-12-14-30(15-13-29)23-10-11-31-24(27-23)28-32(25(31)34)16-22(33)19-6-8-20(26)9-7-19/h3-11H,12-16H2,1-2H3. The lowest BCUT2D eigenvalue weighted by atomic mass is 10.1. The number of fused-ring (bicyclic) bond motifs is 1. The second-order valence-electron chi connectivity index (χ2n) is 8.52. The summed E-state index contributed by atoms with van der Waals surface area (Å²) in [5.41, 5.74) is 3.73. The molecule has 0 atom stereocenters. The molecular weight excluding hydrogens is 435 g/mol. The molecule has 0 N–H and O–H groups in total. The molecule has 3 heterocycles. The number of Topliss-reactive ketones (excluding diaryl/α,β-unsaturated/α-hetero) is 1. The minimum atomic E-state index is -0.441. The molecule has 0 bridgehead atoms. The van der Waals surface area contributed by atoms with Crippen LogP contribution in [0.3, 0.4) is 0 Å². The molecule has 0 aliphatic carbocycles. The Balaban J connectivity index is 1.32. The number of benzene rings is 2. The third kappa shape index (κ3) is 4.05. The van der Waals surface area contributed by atoms with Crippen molar-refractivity contribution in [3.05, 3.63) is 87.7 Å². The maximum atomic E-state index is 13.1. The van der Waals surface area contributed by atoms with Crippen LogP contribution in [0.2, 0.25) is 0 Å². The molecule has 174 valence electrons. The van der Waals surface area contributed by atoms with Gasteiger partial charge in [-0.05, 0) is 61.4 Å². The Hall–Kier alpha value is -4.01. The average molecular weight is 461 g/mol. The Morgan fingerprint density at radius 3 is 2.41 bits per heavy atom. The van der Waals surface area contributed by atoms with Crippen LogP contribution in [-0.2, 0) is 6.54 Å². The van der Waals surface area contributed by atoms with Crippen LogP contribution >= 0.6 is 0 Å². The Kier molecular flexibility index (Phi) is 5.61. The first-order chi connectivity index (χ1) is 16.4. The van der Waals surface area contributed by atoms with E-state index in [2.05, 4.69) is 51.9 Å². The predicted molar refractivity (Wildman–Crippen MR) is 128 cm³/mol. The van der Waals surface area contributed by atoms with Gasteiger partial charge in [-0.2, -0.15) is 4.98 Å². The van der Waals surface area contributed by atoms with Gasteiger partial charge in [0, 0.05) is 43.6 Å². The molecule has 1 aliphatic heterocycles. The lowest BCUT2D eigenvalue weighted by Gasteiger charge is -2.37. The molecule has 34 heavy (non-hydrogen) atoms. The number of hydrogen-bond donors (Lipinski definition) is 0. The van der Waals surface area contributed by atoms with Crippen LogP contribution < -0.4 is 15.5 Å². The molecule has 8 nitrogen and oxygen atoms in total. The lowest BCUT2D eigenvalue weighted by molar-refractivity contribution is 0.0966. The van der Waals surface area contributed by atoms with Gasteiger partial charge in [-0.25, -0.2) is 18.3 Å². The van der Waals surface area contributed by atoms with Crippen molar-refractivity contribution in [3.8, 4) is 0 Å². The monoisotopic (exact) mass is 460 g/mol. The first-order valence-electron chi connectivity index (χ1n) is 11.2. The molecule has 0 spiro atoms. The van der Waals surface area contributed by atoms with E-state index in [1.54, 1.807) is 12.3 Å². The molecule has 0 unspecified atom stereocenters. The predicted octanol–water partition coefficient (Wildman–Crippen LogP) is 2.86. The maximum Gasteiger partial charge on any atom is 0.352 e. The second kappa shape index (κ2) is 8.74. The number of ketones is 1. The molecule has 2 aromatic carbocycles. The summed E-state index contributed by atoms with van der Waals surface area (Å²) in [6, 6.07) is 13.4. The van der Waals surface area contributed by atoms with Crippen molar-refractivity contribution >= 4 is 23.1 Å². The van der Waals surface area contributed by atoms with Crippen LogP contribution in [0.4, 0.5) is 15.9 Å². The summed E-state index contributed by atoms with van der Waals surface area (Å²) in [6.07, 6.45) is 1.64. The van der Waals surface area contributed by atoms with Gasteiger partial charge in [-0.15, -0.1) is 5.10 Å². The molecule has 9 heteroatoms. The number of aromatic nitrogens is 4. The summed E-state index contributed by atoms with van der Waals surface area (Å²) in [7, 11) is 0. The zero-order valence-corrected chi connectivity index (χ0v) is 19.1. The number of hydrogen-bond acceptors (Lipinski definition) is 6. The first kappa shape index (κ1) is 21.8. The van der Waals surface area contributed by atoms with Crippen LogP contribution in [0.5, 0.6) is 0 Å². The molecule has 5 rings (SSSR count). The minimum Gasteiger partial charge on any atom is -0.368 e. The number of rotatable bonds is 5. The van der Waals surface area contributed by atoms with Gasteiger partial charge in [0.25, 0.3) is 5.78 Å². The summed E-state index contributed by atoms with van der Waals surface area (Å²) < 4.78 is 15.5. The zero-order chi connectivity index (χ0) is 23.8. The highest BCUT2D eigenvalue weighted by atomic mass is 19.1. The summed E-state index contributed by atoms with van der Waals surface area (Å²) in [5.74, 6) is 0.239. The van der Waals surface area contributed by atoms with E-state index >= 15 is 0 Å². The number of halogens is 1. The average Bonchev–Trinajstić information content (AvgIpc) is 3.15. The molecule has 0 radical (unpaired) electrons. The van der Waals surface area contributed by atoms with E-state index in [9.17, 15) is 14.0 Å². The topological polar surface area (TPSA) is 75.7 Å². The fraction of sp³-hybridized carbons (Fsp3) is 0.280. The third-order valence-electron chi connectivity index (χ3n) is 6.42. The van der Waals surface area contributed by atoms with Crippen molar-refractivity contribution in [1.29, 1.82) is 0 Å². The van der Waals surface area contributed by atoms with Crippen molar-refractivity contribution < 1.29 is 9.18 Å². The lowest BCUT2D eigenvalue weighted by Crippen LogP contribution is -2.47. The highest BCUT2D eigenvalue weighted by molar-refractivity contribution is 5.95. The molecule has 0 amide bonds. The molecule has 1 fully saturated rings. The van der Waals surface area contributed by atoms with E-state index in [-0.39, 0.29) is 18.1 Å². The molecule has 0 saturated carbocycles. The summed E-state index contributed by atoms with van der Waals surface area (Å²) in [6.45, 7) is 7.37. The quantitative estimate of drug-likeness (QED) is 0.427. The number of carbonyl (C=O) groups excluding carboxylic acids is 1. The van der Waals surface area contributed by atoms with Crippen molar-refractivity contribution in [3.63, 3.8) is 0 Å². The van der Waals surface area contributed by atoms with Gasteiger partial charge in [0.05, 0.1) is 0 Å². The van der Waals surface area contributed by atoms with Crippen LogP contribution in [0.15, 0.2) is 59.5 Å². The highest BCUT2D eigenvalue weighted by Crippen LogP contribution is 2.25. The van der Waals surface area contributed by atoms with Crippen LogP contribution in [0.1, 0.15) is 21.5 Å². The van der Waals surface area contributed by atoms with Gasteiger partial charge in [-0.3, -0.25) is 4.79 Å². The van der Waals surface area contributed by atoms with Gasteiger partial charge in [0.15, 0.2) is 5.78 Å². The maximum absolute atomic E-state index is 13.1. The SMILES string of the molecule is Cc1cccc(N2CCN(c3ccn4c(=O)n(CC(=O)c5ccc(F)cc5)nc4n3)CC2)c1C. The normalized spacial score (nSPS) is 14.1. The fourth-order valence-corrected chi connectivity index (χ4v) is 4.29. The van der Waals surface area contributed by atoms with Gasteiger partial charge in [0.1, 0.15) is 18.2 Å². The van der Waals surface area contributed by atoms with Gasteiger partial charge < -0.3 is 9.80 Å². The minimum absolute atomic E-state index is 0.238. The first-order valence-corrected chi connectivity index (χ1v) is 11.2. The van der Waals surface area contributed by atoms with Gasteiger partial charge in [0.2, 0.25) is 0 Å². The number of aryl methyl sites for hydroxylation is 1. The number of carbonyl (C=O) groups is 1. The van der Waals surface area contributed by atoms with E-state index < -0.39 is 11.5 Å².